The Morgan fingerprint density at radius 2 is 2.08 bits per heavy atom. The maximum Gasteiger partial charge on any atom is 0.225 e. The van der Waals surface area contributed by atoms with Crippen LogP contribution < -0.4 is 0 Å². The molecule has 2 aliphatic rings. The van der Waals surface area contributed by atoms with Crippen LogP contribution in [0, 0.1) is 11.8 Å². The van der Waals surface area contributed by atoms with Crippen molar-refractivity contribution in [3.63, 3.8) is 0 Å². The van der Waals surface area contributed by atoms with Crippen molar-refractivity contribution in [2.45, 2.75) is 38.5 Å². The summed E-state index contributed by atoms with van der Waals surface area (Å²) in [5.74, 6) is 1.91. The first-order chi connectivity index (χ1) is 11.8. The molecule has 0 spiro atoms. The second kappa shape index (κ2) is 6.71. The molecule has 3 heterocycles. The molecule has 0 bridgehead atoms. The molecule has 126 valence electrons. The minimum atomic E-state index is 0.302. The molecule has 1 N–H and O–H groups in total. The number of nitrogens with zero attached hydrogens (tertiary/aromatic N) is 4. The number of likely N-dealkylation sites (tertiary alicyclic amines) is 1. The molecule has 6 nitrogen and oxygen atoms in total. The van der Waals surface area contributed by atoms with Crippen LogP contribution in [0.4, 0.5) is 0 Å². The molecule has 2 aromatic heterocycles. The zero-order valence-electron chi connectivity index (χ0n) is 13.8. The fraction of sp³-hybridized carbons (Fsp3) is 0.556. The van der Waals surface area contributed by atoms with Gasteiger partial charge in [-0.1, -0.05) is 6.42 Å². The monoisotopic (exact) mass is 325 g/mol. The lowest BCUT2D eigenvalue weighted by Crippen LogP contribution is -2.45. The van der Waals surface area contributed by atoms with Crippen LogP contribution in [0.1, 0.15) is 37.8 Å². The molecule has 2 fully saturated rings. The third-order valence-electron chi connectivity index (χ3n) is 5.23. The van der Waals surface area contributed by atoms with Gasteiger partial charge in [-0.25, -0.2) is 9.97 Å². The predicted octanol–water partition coefficient (Wildman–Crippen LogP) is 2.45. The van der Waals surface area contributed by atoms with Gasteiger partial charge in [-0.05, 0) is 38.0 Å². The highest BCUT2D eigenvalue weighted by Gasteiger charge is 2.32. The SMILES string of the molecule is O=C(C1CCC1)N1CCC[C@@H](Cc2cnc(-c3ncc[nH]3)cn2)C1. The van der Waals surface area contributed by atoms with Gasteiger partial charge >= 0.3 is 0 Å². The van der Waals surface area contributed by atoms with Crippen molar-refractivity contribution in [3.8, 4) is 11.5 Å². The van der Waals surface area contributed by atoms with Crippen LogP contribution in [0.2, 0.25) is 0 Å². The van der Waals surface area contributed by atoms with Gasteiger partial charge in [-0.15, -0.1) is 0 Å². The second-order valence-corrected chi connectivity index (χ2v) is 6.96. The van der Waals surface area contributed by atoms with Gasteiger partial charge in [0.25, 0.3) is 0 Å². The highest BCUT2D eigenvalue weighted by molar-refractivity contribution is 5.79. The summed E-state index contributed by atoms with van der Waals surface area (Å²) in [6.07, 6.45) is 13.6. The van der Waals surface area contributed by atoms with Crippen molar-refractivity contribution in [2.75, 3.05) is 13.1 Å². The number of aromatic nitrogens is 4. The van der Waals surface area contributed by atoms with Gasteiger partial charge in [0, 0.05) is 37.6 Å². The molecule has 1 atom stereocenters. The molecule has 1 aliphatic heterocycles. The van der Waals surface area contributed by atoms with Crippen molar-refractivity contribution < 1.29 is 4.79 Å². The second-order valence-electron chi connectivity index (χ2n) is 6.96. The number of piperidine rings is 1. The zero-order valence-corrected chi connectivity index (χ0v) is 13.8. The summed E-state index contributed by atoms with van der Waals surface area (Å²) in [6, 6.07) is 0. The maximum absolute atomic E-state index is 12.4. The Bertz CT molecular complexity index is 678. The Balaban J connectivity index is 1.36. The molecule has 4 rings (SSSR count). The zero-order chi connectivity index (χ0) is 16.4. The number of carbonyl (C=O) groups is 1. The summed E-state index contributed by atoms with van der Waals surface area (Å²) in [6.45, 7) is 1.80. The van der Waals surface area contributed by atoms with Gasteiger partial charge < -0.3 is 9.88 Å². The number of imidazole rings is 1. The highest BCUT2D eigenvalue weighted by atomic mass is 16.2. The van der Waals surface area contributed by atoms with Gasteiger partial charge in [0.1, 0.15) is 5.69 Å². The Morgan fingerprint density at radius 3 is 2.75 bits per heavy atom. The Hall–Kier alpha value is -2.24. The fourth-order valence-corrected chi connectivity index (χ4v) is 3.63. The molecule has 1 saturated carbocycles. The molecule has 0 aromatic carbocycles. The van der Waals surface area contributed by atoms with Gasteiger partial charge in [-0.3, -0.25) is 9.78 Å². The van der Waals surface area contributed by atoms with Crippen LogP contribution in [-0.2, 0) is 11.2 Å². The van der Waals surface area contributed by atoms with E-state index >= 15 is 0 Å². The highest BCUT2D eigenvalue weighted by Crippen LogP contribution is 2.30. The van der Waals surface area contributed by atoms with Crippen LogP contribution in [0.5, 0.6) is 0 Å². The maximum atomic E-state index is 12.4. The Morgan fingerprint density at radius 1 is 1.17 bits per heavy atom. The van der Waals surface area contributed by atoms with E-state index < -0.39 is 0 Å². The van der Waals surface area contributed by atoms with Crippen molar-refractivity contribution in [1.82, 2.24) is 24.8 Å². The average molecular weight is 325 g/mol. The Kier molecular flexibility index (Phi) is 4.28. The van der Waals surface area contributed by atoms with Crippen molar-refractivity contribution in [3.05, 3.63) is 30.5 Å². The number of amides is 1. The molecule has 2 aromatic rings. The largest absolute Gasteiger partial charge is 0.343 e. The molecule has 0 unspecified atom stereocenters. The van der Waals surface area contributed by atoms with Crippen LogP contribution in [0.15, 0.2) is 24.8 Å². The molecule has 1 aliphatic carbocycles. The van der Waals surface area contributed by atoms with Crippen LogP contribution in [0.25, 0.3) is 11.5 Å². The lowest BCUT2D eigenvalue weighted by molar-refractivity contribution is -0.140. The van der Waals surface area contributed by atoms with Gasteiger partial charge in [0.05, 0.1) is 11.9 Å². The van der Waals surface area contributed by atoms with Crippen molar-refractivity contribution in [2.24, 2.45) is 11.8 Å². The van der Waals surface area contributed by atoms with E-state index in [0.717, 1.165) is 62.4 Å². The molecular weight excluding hydrogens is 302 g/mol. The topological polar surface area (TPSA) is 74.8 Å². The summed E-state index contributed by atoms with van der Waals surface area (Å²) in [5, 5.41) is 0. The summed E-state index contributed by atoms with van der Waals surface area (Å²) >= 11 is 0. The fourth-order valence-electron chi connectivity index (χ4n) is 3.63. The third-order valence-corrected chi connectivity index (χ3v) is 5.23. The van der Waals surface area contributed by atoms with Crippen molar-refractivity contribution >= 4 is 5.91 Å². The van der Waals surface area contributed by atoms with Gasteiger partial charge in [-0.2, -0.15) is 0 Å². The first kappa shape index (κ1) is 15.3. The number of rotatable bonds is 4. The summed E-state index contributed by atoms with van der Waals surface area (Å²) in [5.41, 5.74) is 1.75. The number of carbonyl (C=O) groups excluding carboxylic acids is 1. The molecule has 0 radical (unpaired) electrons. The van der Waals surface area contributed by atoms with E-state index in [-0.39, 0.29) is 0 Å². The number of aromatic amines is 1. The number of hydrogen-bond acceptors (Lipinski definition) is 4. The molecular formula is C18H23N5O. The van der Waals surface area contributed by atoms with E-state index in [0.29, 0.717) is 17.7 Å². The smallest absolute Gasteiger partial charge is 0.225 e. The first-order valence-electron chi connectivity index (χ1n) is 8.89. The summed E-state index contributed by atoms with van der Waals surface area (Å²) < 4.78 is 0. The number of nitrogens with one attached hydrogen (secondary N) is 1. The molecule has 24 heavy (non-hydrogen) atoms. The lowest BCUT2D eigenvalue weighted by Gasteiger charge is -2.37. The van der Waals surface area contributed by atoms with Gasteiger partial charge in [0.2, 0.25) is 5.91 Å². The number of hydrogen-bond donors (Lipinski definition) is 1. The average Bonchev–Trinajstić information content (AvgIpc) is 3.09. The quantitative estimate of drug-likeness (QED) is 0.937. The standard InChI is InChI=1S/C18H23N5O/c24-18(14-4-1-5-14)23-8-2-3-13(12-23)9-15-10-22-16(11-21-15)17-19-6-7-20-17/h6-7,10-11,13-14H,1-5,8-9,12H2,(H,19,20)/t13-/m0/s1. The van der Waals surface area contributed by atoms with Crippen molar-refractivity contribution in [1.29, 1.82) is 0 Å². The molecule has 6 heteroatoms. The normalized spacial score (nSPS) is 21.5. The predicted molar refractivity (Wildman–Crippen MR) is 90.0 cm³/mol. The van der Waals surface area contributed by atoms with E-state index in [1.165, 1.54) is 6.42 Å². The molecule has 1 saturated heterocycles. The van der Waals surface area contributed by atoms with Crippen LogP contribution >= 0.6 is 0 Å². The van der Waals surface area contributed by atoms with E-state index in [4.69, 9.17) is 0 Å². The minimum absolute atomic E-state index is 0.302. The third kappa shape index (κ3) is 3.18. The van der Waals surface area contributed by atoms with E-state index in [9.17, 15) is 4.79 Å². The first-order valence-corrected chi connectivity index (χ1v) is 8.89. The molecule has 1 amide bonds. The summed E-state index contributed by atoms with van der Waals surface area (Å²) in [7, 11) is 0. The summed E-state index contributed by atoms with van der Waals surface area (Å²) in [4.78, 5) is 30.7. The van der Waals surface area contributed by atoms with Gasteiger partial charge in [0.15, 0.2) is 5.82 Å². The minimum Gasteiger partial charge on any atom is -0.343 e. The van der Waals surface area contributed by atoms with Crippen LogP contribution in [0.3, 0.4) is 0 Å². The Labute approximate surface area is 141 Å². The van der Waals surface area contributed by atoms with E-state index in [1.54, 1.807) is 18.6 Å². The lowest BCUT2D eigenvalue weighted by atomic mass is 9.83. The van der Waals surface area contributed by atoms with E-state index in [2.05, 4.69) is 24.8 Å². The van der Waals surface area contributed by atoms with E-state index in [1.807, 2.05) is 6.20 Å². The number of H-pyrrole nitrogens is 1. The van der Waals surface area contributed by atoms with Crippen LogP contribution in [-0.4, -0.2) is 43.8 Å².